The lowest BCUT2D eigenvalue weighted by atomic mass is 10.1. The van der Waals surface area contributed by atoms with Crippen molar-refractivity contribution in [3.63, 3.8) is 0 Å². The fourth-order valence-electron chi connectivity index (χ4n) is 2.30. The van der Waals surface area contributed by atoms with E-state index in [1.807, 2.05) is 25.3 Å². The van der Waals surface area contributed by atoms with Crippen LogP contribution in [0.25, 0.3) is 10.6 Å². The summed E-state index contributed by atoms with van der Waals surface area (Å²) in [4.78, 5) is 26.5. The molecule has 0 aliphatic rings. The Kier molecular flexibility index (Phi) is 5.21. The number of aryl methyl sites for hydroxylation is 2. The average molecular weight is 399 g/mol. The monoisotopic (exact) mass is 398 g/mol. The van der Waals surface area contributed by atoms with Gasteiger partial charge in [0.15, 0.2) is 5.13 Å². The summed E-state index contributed by atoms with van der Waals surface area (Å²) < 4.78 is 0. The molecule has 0 aliphatic carbocycles. The van der Waals surface area contributed by atoms with Gasteiger partial charge in [-0.3, -0.25) is 4.79 Å². The van der Waals surface area contributed by atoms with Gasteiger partial charge < -0.3 is 10.6 Å². The predicted octanol–water partition coefficient (Wildman–Crippen LogP) is 4.05. The third-order valence-corrected chi connectivity index (χ3v) is 5.46. The number of aromatic nitrogens is 3. The van der Waals surface area contributed by atoms with Crippen LogP contribution in [0.5, 0.6) is 0 Å². The third kappa shape index (κ3) is 4.48. The number of hydrogen-bond acceptors (Lipinski definition) is 8. The minimum Gasteiger partial charge on any atom is -0.334 e. The van der Waals surface area contributed by atoms with Crippen LogP contribution in [0.2, 0.25) is 0 Å². The van der Waals surface area contributed by atoms with Crippen molar-refractivity contribution >= 4 is 39.5 Å². The topological polar surface area (TPSA) is 104 Å². The highest BCUT2D eigenvalue weighted by molar-refractivity contribution is 7.16. The zero-order chi connectivity index (χ0) is 19.6. The van der Waals surface area contributed by atoms with Crippen LogP contribution in [0.1, 0.15) is 34.9 Å². The number of nitrogens with one attached hydrogen (secondary N) is 2. The molecule has 3 aromatic rings. The maximum absolute atomic E-state index is 12.1. The summed E-state index contributed by atoms with van der Waals surface area (Å²) in [5.74, 6) is 0.248. The number of carbonyl (C=O) groups is 1. The van der Waals surface area contributed by atoms with E-state index in [-0.39, 0.29) is 5.91 Å². The number of rotatable bonds is 5. The highest BCUT2D eigenvalue weighted by atomic mass is 32.1. The van der Waals surface area contributed by atoms with Crippen LogP contribution < -0.4 is 10.6 Å². The standard InChI is InChI=1S/C18H18N6OS2/c1-10-15(27-11(2)21-10)13-8-26-17(22-13)23-14-6-5-12(7-20-14)16(25)24-18(3,4)9-19/h5-8H,1-4H3,(H,24,25)(H,20,22,23). The van der Waals surface area contributed by atoms with Gasteiger partial charge in [-0.15, -0.1) is 22.7 Å². The first-order valence-corrected chi connectivity index (χ1v) is 9.84. The Labute approximate surface area is 165 Å². The van der Waals surface area contributed by atoms with Crippen LogP contribution in [0.3, 0.4) is 0 Å². The molecular weight excluding hydrogens is 380 g/mol. The molecule has 0 radical (unpaired) electrons. The molecule has 3 rings (SSSR count). The molecule has 0 bridgehead atoms. The molecule has 3 heterocycles. The predicted molar refractivity (Wildman–Crippen MR) is 107 cm³/mol. The first kappa shape index (κ1) is 18.9. The highest BCUT2D eigenvalue weighted by Gasteiger charge is 2.20. The Bertz CT molecular complexity index is 1010. The lowest BCUT2D eigenvalue weighted by molar-refractivity contribution is 0.0929. The highest BCUT2D eigenvalue weighted by Crippen LogP contribution is 2.32. The minimum atomic E-state index is -0.932. The van der Waals surface area contributed by atoms with Gasteiger partial charge in [0.1, 0.15) is 11.4 Å². The van der Waals surface area contributed by atoms with Gasteiger partial charge in [0.25, 0.3) is 5.91 Å². The number of amides is 1. The summed E-state index contributed by atoms with van der Waals surface area (Å²) in [6.45, 7) is 7.23. The molecule has 138 valence electrons. The number of nitrogens with zero attached hydrogens (tertiary/aromatic N) is 4. The van der Waals surface area contributed by atoms with Crippen LogP contribution in [0.4, 0.5) is 10.9 Å². The van der Waals surface area contributed by atoms with Gasteiger partial charge in [-0.05, 0) is 39.8 Å². The Morgan fingerprint density at radius 3 is 2.63 bits per heavy atom. The quantitative estimate of drug-likeness (QED) is 0.672. The smallest absolute Gasteiger partial charge is 0.254 e. The number of thiazole rings is 2. The zero-order valence-corrected chi connectivity index (χ0v) is 17.0. The molecular formula is C18H18N6OS2. The van der Waals surface area contributed by atoms with Crippen molar-refractivity contribution in [3.8, 4) is 16.6 Å². The second-order valence-electron chi connectivity index (χ2n) is 6.43. The lowest BCUT2D eigenvalue weighted by Crippen LogP contribution is -2.42. The van der Waals surface area contributed by atoms with E-state index in [0.717, 1.165) is 21.3 Å². The first-order chi connectivity index (χ1) is 12.8. The van der Waals surface area contributed by atoms with Crippen molar-refractivity contribution in [2.45, 2.75) is 33.2 Å². The molecule has 9 heteroatoms. The number of nitriles is 1. The molecule has 0 aliphatic heterocycles. The van der Waals surface area contributed by atoms with Crippen LogP contribution in [0, 0.1) is 25.2 Å². The molecule has 0 saturated carbocycles. The summed E-state index contributed by atoms with van der Waals surface area (Å²) in [5, 5.41) is 18.5. The summed E-state index contributed by atoms with van der Waals surface area (Å²) in [7, 11) is 0. The fraction of sp³-hybridized carbons (Fsp3) is 0.278. The Balaban J connectivity index is 1.70. The second kappa shape index (κ2) is 7.42. The molecule has 3 aromatic heterocycles. The Morgan fingerprint density at radius 2 is 2.04 bits per heavy atom. The van der Waals surface area contributed by atoms with Gasteiger partial charge in [-0.2, -0.15) is 5.26 Å². The van der Waals surface area contributed by atoms with Gasteiger partial charge in [0.05, 0.1) is 32.9 Å². The number of anilines is 2. The Hall–Kier alpha value is -2.83. The summed E-state index contributed by atoms with van der Waals surface area (Å²) in [6.07, 6.45) is 1.47. The van der Waals surface area contributed by atoms with Crippen molar-refractivity contribution in [1.29, 1.82) is 5.26 Å². The van der Waals surface area contributed by atoms with E-state index in [1.165, 1.54) is 17.5 Å². The molecule has 7 nitrogen and oxygen atoms in total. The van der Waals surface area contributed by atoms with Crippen molar-refractivity contribution in [1.82, 2.24) is 20.3 Å². The van der Waals surface area contributed by atoms with E-state index in [2.05, 4.69) is 25.6 Å². The van der Waals surface area contributed by atoms with Gasteiger partial charge in [-0.25, -0.2) is 15.0 Å². The average Bonchev–Trinajstić information content (AvgIpc) is 3.21. The first-order valence-electron chi connectivity index (χ1n) is 8.14. The van der Waals surface area contributed by atoms with Crippen molar-refractivity contribution in [2.75, 3.05) is 5.32 Å². The van der Waals surface area contributed by atoms with Crippen LogP contribution in [-0.4, -0.2) is 26.4 Å². The SMILES string of the molecule is Cc1nc(C)c(-c2csc(Nc3ccc(C(=O)NC(C)(C)C#N)cn3)n2)s1. The second-order valence-corrected chi connectivity index (χ2v) is 8.49. The van der Waals surface area contributed by atoms with E-state index in [0.29, 0.717) is 16.5 Å². The van der Waals surface area contributed by atoms with E-state index < -0.39 is 5.54 Å². The third-order valence-electron chi connectivity index (χ3n) is 3.61. The van der Waals surface area contributed by atoms with Crippen molar-refractivity contribution < 1.29 is 4.79 Å². The largest absolute Gasteiger partial charge is 0.334 e. The number of hydrogen-bond donors (Lipinski definition) is 2. The number of carbonyl (C=O) groups excluding carboxylic acids is 1. The van der Waals surface area contributed by atoms with E-state index in [9.17, 15) is 4.79 Å². The van der Waals surface area contributed by atoms with Crippen molar-refractivity contribution in [3.05, 3.63) is 40.0 Å². The van der Waals surface area contributed by atoms with Gasteiger partial charge >= 0.3 is 0 Å². The molecule has 0 saturated heterocycles. The van der Waals surface area contributed by atoms with Gasteiger partial charge in [0.2, 0.25) is 0 Å². The molecule has 0 unspecified atom stereocenters. The molecule has 27 heavy (non-hydrogen) atoms. The molecule has 2 N–H and O–H groups in total. The fourth-order valence-corrected chi connectivity index (χ4v) is 3.96. The van der Waals surface area contributed by atoms with E-state index in [4.69, 9.17) is 5.26 Å². The summed E-state index contributed by atoms with van der Waals surface area (Å²) in [6, 6.07) is 5.39. The van der Waals surface area contributed by atoms with Gasteiger partial charge in [0, 0.05) is 11.6 Å². The molecule has 0 aromatic carbocycles. The van der Waals surface area contributed by atoms with Crippen LogP contribution in [0.15, 0.2) is 23.7 Å². The normalized spacial score (nSPS) is 11.1. The molecule has 0 spiro atoms. The minimum absolute atomic E-state index is 0.340. The number of pyridine rings is 1. The molecule has 0 atom stereocenters. The maximum atomic E-state index is 12.1. The molecule has 1 amide bonds. The van der Waals surface area contributed by atoms with E-state index in [1.54, 1.807) is 37.3 Å². The Morgan fingerprint density at radius 1 is 1.26 bits per heavy atom. The zero-order valence-electron chi connectivity index (χ0n) is 15.3. The van der Waals surface area contributed by atoms with Crippen molar-refractivity contribution in [2.24, 2.45) is 0 Å². The maximum Gasteiger partial charge on any atom is 0.254 e. The summed E-state index contributed by atoms with van der Waals surface area (Å²) in [5.41, 5.74) is 1.32. The van der Waals surface area contributed by atoms with Crippen LogP contribution >= 0.6 is 22.7 Å². The van der Waals surface area contributed by atoms with E-state index >= 15 is 0 Å². The van der Waals surface area contributed by atoms with Crippen LogP contribution in [-0.2, 0) is 0 Å². The molecule has 0 fully saturated rings. The van der Waals surface area contributed by atoms with Gasteiger partial charge in [-0.1, -0.05) is 0 Å². The lowest BCUT2D eigenvalue weighted by Gasteiger charge is -2.17. The summed E-state index contributed by atoms with van der Waals surface area (Å²) >= 11 is 3.10.